The third-order valence-corrected chi connectivity index (χ3v) is 10.9. The second-order valence-corrected chi connectivity index (χ2v) is 14.1. The maximum Gasteiger partial charge on any atom is 0.261 e. The number of nitrogens with zero attached hydrogens (tertiary/aromatic N) is 5. The third kappa shape index (κ3) is 5.81. The highest BCUT2D eigenvalue weighted by Crippen LogP contribution is 2.61. The number of hydrogen-bond donors (Lipinski definition) is 2. The molecule has 5 atom stereocenters. The van der Waals surface area contributed by atoms with E-state index in [-0.39, 0.29) is 17.4 Å². The van der Waals surface area contributed by atoms with Gasteiger partial charge in [-0.2, -0.15) is 0 Å². The van der Waals surface area contributed by atoms with E-state index in [1.165, 1.54) is 18.6 Å². The molecule has 0 amide bonds. The summed E-state index contributed by atoms with van der Waals surface area (Å²) in [5.74, 6) is 3.11. The van der Waals surface area contributed by atoms with Crippen molar-refractivity contribution < 1.29 is 4.39 Å². The summed E-state index contributed by atoms with van der Waals surface area (Å²) >= 11 is 0. The van der Waals surface area contributed by atoms with E-state index < -0.39 is 0 Å². The molecule has 3 heterocycles. The van der Waals surface area contributed by atoms with Crippen molar-refractivity contribution in [3.05, 3.63) is 88.6 Å². The van der Waals surface area contributed by atoms with E-state index in [9.17, 15) is 9.18 Å². The number of pyridine rings is 1. The van der Waals surface area contributed by atoms with Crippen LogP contribution in [-0.2, 0) is 13.0 Å². The largest absolute Gasteiger partial charge is 0.340 e. The highest BCUT2D eigenvalue weighted by atomic mass is 19.1. The molecule has 240 valence electrons. The Morgan fingerprint density at radius 1 is 1.11 bits per heavy atom. The molecular formula is C37H44FN7O. The van der Waals surface area contributed by atoms with Gasteiger partial charge in [0.05, 0.1) is 16.9 Å². The van der Waals surface area contributed by atoms with Gasteiger partial charge in [-0.25, -0.2) is 14.4 Å². The van der Waals surface area contributed by atoms with Crippen LogP contribution in [0.2, 0.25) is 0 Å². The first-order chi connectivity index (χ1) is 22.2. The van der Waals surface area contributed by atoms with Crippen LogP contribution in [0.1, 0.15) is 46.1 Å². The van der Waals surface area contributed by atoms with Crippen LogP contribution in [0.4, 0.5) is 10.1 Å². The van der Waals surface area contributed by atoms with Crippen molar-refractivity contribution in [1.29, 1.82) is 0 Å². The summed E-state index contributed by atoms with van der Waals surface area (Å²) in [6, 6.07) is 18.5. The quantitative estimate of drug-likeness (QED) is 0.204. The average molecular weight is 622 g/mol. The first-order valence-corrected chi connectivity index (χ1v) is 16.7. The highest BCUT2D eigenvalue weighted by molar-refractivity contribution is 5.96. The number of benzene rings is 2. The highest BCUT2D eigenvalue weighted by Gasteiger charge is 2.56. The molecule has 0 radical (unpaired) electrons. The van der Waals surface area contributed by atoms with Crippen molar-refractivity contribution in [2.24, 2.45) is 28.2 Å². The van der Waals surface area contributed by atoms with Gasteiger partial charge in [0.25, 0.3) is 5.56 Å². The zero-order valence-corrected chi connectivity index (χ0v) is 27.2. The topological polar surface area (TPSA) is 87.4 Å². The van der Waals surface area contributed by atoms with Gasteiger partial charge in [-0.3, -0.25) is 14.3 Å². The Labute approximate surface area is 270 Å². The lowest BCUT2D eigenvalue weighted by atomic mass is 9.45. The number of anilines is 1. The van der Waals surface area contributed by atoms with Crippen LogP contribution >= 0.6 is 0 Å². The van der Waals surface area contributed by atoms with E-state index in [4.69, 9.17) is 9.98 Å². The van der Waals surface area contributed by atoms with Gasteiger partial charge in [-0.1, -0.05) is 39.0 Å². The Morgan fingerprint density at radius 2 is 1.93 bits per heavy atom. The number of guanidine groups is 1. The van der Waals surface area contributed by atoms with Gasteiger partial charge in [-0.15, -0.1) is 0 Å². The number of rotatable bonds is 6. The van der Waals surface area contributed by atoms with E-state index in [1.807, 2.05) is 36.4 Å². The molecule has 1 aliphatic heterocycles. The van der Waals surface area contributed by atoms with Gasteiger partial charge < -0.3 is 15.5 Å². The van der Waals surface area contributed by atoms with E-state index in [0.717, 1.165) is 49.2 Å². The van der Waals surface area contributed by atoms with Crippen molar-refractivity contribution in [2.45, 2.75) is 65.6 Å². The predicted molar refractivity (Wildman–Crippen MR) is 182 cm³/mol. The van der Waals surface area contributed by atoms with Crippen molar-refractivity contribution in [3.63, 3.8) is 0 Å². The van der Waals surface area contributed by atoms with Crippen LogP contribution in [0, 0.1) is 29.0 Å². The molecule has 2 aromatic heterocycles. The Hall–Kier alpha value is -4.11. The Kier molecular flexibility index (Phi) is 8.13. The van der Waals surface area contributed by atoms with Crippen LogP contribution in [0.25, 0.3) is 22.4 Å². The fourth-order valence-electron chi connectivity index (χ4n) is 7.99. The third-order valence-electron chi connectivity index (χ3n) is 10.9. The molecule has 8 rings (SSSR count). The summed E-state index contributed by atoms with van der Waals surface area (Å²) in [5, 5.41) is 7.78. The van der Waals surface area contributed by atoms with Crippen LogP contribution in [0.3, 0.4) is 0 Å². The van der Waals surface area contributed by atoms with E-state index in [1.54, 1.807) is 22.9 Å². The summed E-state index contributed by atoms with van der Waals surface area (Å²) < 4.78 is 15.2. The minimum Gasteiger partial charge on any atom is -0.340 e. The number of halogens is 1. The molecule has 1 unspecified atom stereocenters. The second-order valence-electron chi connectivity index (χ2n) is 14.1. The van der Waals surface area contributed by atoms with Crippen LogP contribution in [-0.4, -0.2) is 57.1 Å². The number of nitrogens with one attached hydrogen (secondary N) is 2. The predicted octanol–water partition coefficient (Wildman–Crippen LogP) is 5.97. The van der Waals surface area contributed by atoms with Gasteiger partial charge in [0.2, 0.25) is 0 Å². The summed E-state index contributed by atoms with van der Waals surface area (Å²) in [7, 11) is 0. The fourth-order valence-corrected chi connectivity index (χ4v) is 7.99. The number of fused-ring (bicyclic) bond motifs is 3. The lowest BCUT2D eigenvalue weighted by molar-refractivity contribution is -0.108. The van der Waals surface area contributed by atoms with E-state index >= 15 is 0 Å². The normalized spacial score (nSPS) is 25.7. The summed E-state index contributed by atoms with van der Waals surface area (Å²) in [5.41, 5.74) is 3.32. The van der Waals surface area contributed by atoms with Crippen LogP contribution in [0.15, 0.2) is 76.6 Å². The Morgan fingerprint density at radius 3 is 2.65 bits per heavy atom. The molecule has 0 spiro atoms. The number of aliphatic imine (C=N–C) groups is 1. The zero-order valence-electron chi connectivity index (χ0n) is 27.2. The molecule has 2 N–H and O–H groups in total. The maximum absolute atomic E-state index is 14.0. The molecule has 4 aliphatic rings. The van der Waals surface area contributed by atoms with Crippen molar-refractivity contribution in [3.8, 4) is 11.5 Å². The molecule has 9 heteroatoms. The number of aromatic nitrogens is 3. The monoisotopic (exact) mass is 621 g/mol. The summed E-state index contributed by atoms with van der Waals surface area (Å²) in [4.78, 5) is 31.3. The van der Waals surface area contributed by atoms with Gasteiger partial charge in [0.1, 0.15) is 11.5 Å². The van der Waals surface area contributed by atoms with E-state index in [0.29, 0.717) is 58.7 Å². The zero-order chi connectivity index (χ0) is 32.0. The average Bonchev–Trinajstić information content (AvgIpc) is 3.05. The second kappa shape index (κ2) is 12.2. The van der Waals surface area contributed by atoms with Crippen molar-refractivity contribution in [1.82, 2.24) is 24.8 Å². The van der Waals surface area contributed by atoms with Crippen LogP contribution < -0.4 is 16.2 Å². The lowest BCUT2D eigenvalue weighted by Crippen LogP contribution is -2.57. The fraction of sp³-hybridized carbons (Fsp3) is 0.459. The Bertz CT molecular complexity index is 1800. The lowest BCUT2D eigenvalue weighted by Gasteiger charge is -2.61. The standard InChI is InChI=1S/C37H44FN7O/c1-23-22-44(18-16-39-23)36(43-32-20-26-19-30(24(32)2)37(26,3)4)41-28-12-13-29-33(21-28)42-34(31-7-5-6-15-40-31)45(35(29)46)17-14-25-8-10-27(38)11-9-25/h5-13,15,21,23-24,26,30,32,39H,14,16-20,22H2,1-4H3,(H,41,43)/t23-,24-,26+,30-,32?/m0/s1. The van der Waals surface area contributed by atoms with Crippen molar-refractivity contribution >= 4 is 22.5 Å². The smallest absolute Gasteiger partial charge is 0.261 e. The molecule has 3 saturated carbocycles. The molecule has 8 nitrogen and oxygen atoms in total. The minimum absolute atomic E-state index is 0.123. The summed E-state index contributed by atoms with van der Waals surface area (Å²) in [6.07, 6.45) is 4.72. The maximum atomic E-state index is 14.0. The van der Waals surface area contributed by atoms with Gasteiger partial charge in [0.15, 0.2) is 11.8 Å². The molecule has 1 saturated heterocycles. The molecule has 2 bridgehead atoms. The van der Waals surface area contributed by atoms with Crippen LogP contribution in [0.5, 0.6) is 0 Å². The van der Waals surface area contributed by atoms with Gasteiger partial charge >= 0.3 is 0 Å². The number of piperazine rings is 1. The van der Waals surface area contributed by atoms with Crippen molar-refractivity contribution in [2.75, 3.05) is 25.0 Å². The molecule has 2 aromatic carbocycles. The SMILES string of the molecule is C[C@@H]1C(/N=C(/Nc2ccc3c(=O)n(CCc4ccc(F)cc4)c(-c4ccccn4)nc3c2)N2CCN[C@@H](C)C2)C[C@H]2C[C@@H]1C2(C)C. The number of hydrogen-bond acceptors (Lipinski definition) is 5. The van der Waals surface area contributed by atoms with Gasteiger partial charge in [0, 0.05) is 44.1 Å². The minimum atomic E-state index is -0.277. The molecule has 3 aliphatic carbocycles. The first kappa shape index (κ1) is 30.5. The molecule has 4 aromatic rings. The Balaban J connectivity index is 1.23. The first-order valence-electron chi connectivity index (χ1n) is 16.7. The van der Waals surface area contributed by atoms with E-state index in [2.05, 4.69) is 48.2 Å². The molecular weight excluding hydrogens is 577 g/mol. The van der Waals surface area contributed by atoms with Gasteiger partial charge in [-0.05, 0) is 97.4 Å². The summed E-state index contributed by atoms with van der Waals surface area (Å²) in [6.45, 7) is 12.5. The molecule has 4 fully saturated rings. The molecule has 46 heavy (non-hydrogen) atoms. The number of aryl methyl sites for hydroxylation is 1.